The van der Waals surface area contributed by atoms with Crippen LogP contribution in [0.15, 0.2) is 52.1 Å². The largest absolute Gasteiger partial charge is 0.491 e. The first-order valence-corrected chi connectivity index (χ1v) is 11.2. The number of alkyl halides is 3. The zero-order chi connectivity index (χ0) is 26.3. The van der Waals surface area contributed by atoms with Crippen LogP contribution in [0, 0.1) is 11.6 Å². The quantitative estimate of drug-likeness (QED) is 0.310. The summed E-state index contributed by atoms with van der Waals surface area (Å²) in [6, 6.07) is 8.91. The van der Waals surface area contributed by atoms with Gasteiger partial charge in [0.15, 0.2) is 17.4 Å². The van der Waals surface area contributed by atoms with Gasteiger partial charge in [0.2, 0.25) is 0 Å². The molecule has 0 spiro atoms. The van der Waals surface area contributed by atoms with Gasteiger partial charge < -0.3 is 14.2 Å². The molecule has 2 aromatic carbocycles. The maximum Gasteiger partial charge on any atom is 0.417 e. The van der Waals surface area contributed by atoms with Gasteiger partial charge in [-0.05, 0) is 44.2 Å². The Labute approximate surface area is 207 Å². The summed E-state index contributed by atoms with van der Waals surface area (Å²) in [4.78, 5) is 7.27. The molecular formula is C25H20F5N5O2. The summed E-state index contributed by atoms with van der Waals surface area (Å²) in [6.45, 7) is 3.74. The molecule has 1 N–H and O–H groups in total. The lowest BCUT2D eigenvalue weighted by molar-refractivity contribution is -0.137. The number of hydrogen-bond acceptors (Lipinski definition) is 6. The topological polar surface area (TPSA) is 79.5 Å². The van der Waals surface area contributed by atoms with E-state index < -0.39 is 23.4 Å². The van der Waals surface area contributed by atoms with Gasteiger partial charge in [0.1, 0.15) is 17.3 Å². The van der Waals surface area contributed by atoms with E-state index in [4.69, 9.17) is 9.26 Å². The number of H-pyrrole nitrogens is 1. The molecule has 5 rings (SSSR count). The second-order valence-corrected chi connectivity index (χ2v) is 8.66. The second kappa shape index (κ2) is 9.34. The van der Waals surface area contributed by atoms with Crippen molar-refractivity contribution in [2.45, 2.75) is 39.2 Å². The molecule has 3 heterocycles. The zero-order valence-corrected chi connectivity index (χ0v) is 19.6. The van der Waals surface area contributed by atoms with Crippen LogP contribution >= 0.6 is 0 Å². The van der Waals surface area contributed by atoms with E-state index in [1.807, 2.05) is 0 Å². The number of aromatic nitrogens is 3. The summed E-state index contributed by atoms with van der Waals surface area (Å²) < 4.78 is 79.7. The number of hydrogen-bond donors (Lipinski definition) is 1. The van der Waals surface area contributed by atoms with E-state index in [1.54, 1.807) is 18.9 Å². The smallest absolute Gasteiger partial charge is 0.417 e. The lowest BCUT2D eigenvalue weighted by Crippen LogP contribution is -2.21. The van der Waals surface area contributed by atoms with E-state index in [1.165, 1.54) is 36.5 Å². The van der Waals surface area contributed by atoms with Crippen molar-refractivity contribution in [1.29, 1.82) is 0 Å². The monoisotopic (exact) mass is 517 g/mol. The van der Waals surface area contributed by atoms with Gasteiger partial charge in [0, 0.05) is 11.6 Å². The van der Waals surface area contributed by atoms with E-state index in [2.05, 4.69) is 20.2 Å². The average Bonchev–Trinajstić information content (AvgIpc) is 3.46. The van der Waals surface area contributed by atoms with Crippen LogP contribution in [0.25, 0.3) is 22.6 Å². The van der Waals surface area contributed by atoms with Crippen molar-refractivity contribution in [1.82, 2.24) is 20.1 Å². The normalized spacial score (nSPS) is 13.4. The summed E-state index contributed by atoms with van der Waals surface area (Å²) in [6.07, 6.45) is -3.44. The van der Waals surface area contributed by atoms with Crippen LogP contribution in [0.5, 0.6) is 5.75 Å². The number of benzene rings is 2. The van der Waals surface area contributed by atoms with Crippen LogP contribution in [-0.2, 0) is 19.3 Å². The standard InChI is InChI=1S/C25H20F5N5O2/c1-13(2)36-14-6-7-16(18(8-14)25(28,29)30)20-9-15(37-34-20)11-35-12-22-21(10-31-35)32-24(33-22)17-4-3-5-19(26)23(17)27/h3-10,13H,11-12H2,1-2H3,(H,32,33). The Kier molecular flexibility index (Phi) is 6.18. The molecule has 0 radical (unpaired) electrons. The highest BCUT2D eigenvalue weighted by molar-refractivity contribution is 5.80. The SMILES string of the molecule is CC(C)Oc1ccc(-c2cc(CN3Cc4nc(-c5cccc(F)c5F)[nH]c4C=N3)on2)c(C(F)(F)F)c1. The summed E-state index contributed by atoms with van der Waals surface area (Å²) in [7, 11) is 0. The Hall–Kier alpha value is -4.22. The summed E-state index contributed by atoms with van der Waals surface area (Å²) in [5.74, 6) is -1.47. The van der Waals surface area contributed by atoms with Gasteiger partial charge in [0.05, 0.1) is 47.9 Å². The number of fused-ring (bicyclic) bond motifs is 1. The molecule has 0 bridgehead atoms. The molecule has 0 saturated carbocycles. The first kappa shape index (κ1) is 24.5. The van der Waals surface area contributed by atoms with E-state index in [9.17, 15) is 22.0 Å². The molecule has 0 amide bonds. The van der Waals surface area contributed by atoms with Crippen LogP contribution in [0.3, 0.4) is 0 Å². The Bertz CT molecular complexity index is 1470. The number of ether oxygens (including phenoxy) is 1. The van der Waals surface area contributed by atoms with Gasteiger partial charge in [-0.2, -0.15) is 18.3 Å². The molecule has 192 valence electrons. The van der Waals surface area contributed by atoms with E-state index in [0.717, 1.165) is 12.1 Å². The number of halogens is 5. The molecule has 0 fully saturated rings. The summed E-state index contributed by atoms with van der Waals surface area (Å²) >= 11 is 0. The van der Waals surface area contributed by atoms with Crippen molar-refractivity contribution in [3.63, 3.8) is 0 Å². The highest BCUT2D eigenvalue weighted by Gasteiger charge is 2.35. The van der Waals surface area contributed by atoms with E-state index in [-0.39, 0.29) is 53.3 Å². The van der Waals surface area contributed by atoms with Gasteiger partial charge >= 0.3 is 6.18 Å². The molecule has 0 saturated heterocycles. The maximum atomic E-state index is 14.2. The van der Waals surface area contributed by atoms with Gasteiger partial charge in [0.25, 0.3) is 0 Å². The van der Waals surface area contributed by atoms with Gasteiger partial charge in [-0.25, -0.2) is 13.8 Å². The molecule has 0 atom stereocenters. The number of rotatable bonds is 6. The fourth-order valence-electron chi connectivity index (χ4n) is 3.94. The van der Waals surface area contributed by atoms with Crippen LogP contribution in [0.4, 0.5) is 22.0 Å². The third-order valence-corrected chi connectivity index (χ3v) is 5.54. The fourth-order valence-corrected chi connectivity index (χ4v) is 3.94. The predicted molar refractivity (Wildman–Crippen MR) is 123 cm³/mol. The summed E-state index contributed by atoms with van der Waals surface area (Å²) in [5.41, 5.74) is 0.0420. The Balaban J connectivity index is 1.34. The highest BCUT2D eigenvalue weighted by Crippen LogP contribution is 2.39. The lowest BCUT2D eigenvalue weighted by Gasteiger charge is -2.19. The van der Waals surface area contributed by atoms with Crippen molar-refractivity contribution in [3.05, 3.63) is 76.8 Å². The van der Waals surface area contributed by atoms with Gasteiger partial charge in [-0.3, -0.25) is 5.01 Å². The van der Waals surface area contributed by atoms with Crippen molar-refractivity contribution in [2.75, 3.05) is 0 Å². The van der Waals surface area contributed by atoms with Crippen molar-refractivity contribution >= 4 is 6.21 Å². The molecule has 4 aromatic rings. The van der Waals surface area contributed by atoms with E-state index in [0.29, 0.717) is 11.4 Å². The second-order valence-electron chi connectivity index (χ2n) is 8.66. The van der Waals surface area contributed by atoms with Crippen molar-refractivity contribution in [2.24, 2.45) is 5.10 Å². The molecule has 0 aliphatic carbocycles. The number of hydrazone groups is 1. The maximum absolute atomic E-state index is 14.2. The first-order chi connectivity index (χ1) is 17.6. The number of nitrogens with zero attached hydrogens (tertiary/aromatic N) is 4. The minimum Gasteiger partial charge on any atom is -0.491 e. The Morgan fingerprint density at radius 2 is 1.92 bits per heavy atom. The van der Waals surface area contributed by atoms with E-state index >= 15 is 0 Å². The molecule has 7 nitrogen and oxygen atoms in total. The number of aromatic amines is 1. The summed E-state index contributed by atoms with van der Waals surface area (Å²) in [5, 5.41) is 9.66. The zero-order valence-electron chi connectivity index (χ0n) is 19.6. The predicted octanol–water partition coefficient (Wildman–Crippen LogP) is 6.17. The third kappa shape index (κ3) is 5.04. The van der Waals surface area contributed by atoms with Crippen LogP contribution < -0.4 is 4.74 Å². The highest BCUT2D eigenvalue weighted by atomic mass is 19.4. The van der Waals surface area contributed by atoms with Crippen molar-refractivity contribution in [3.8, 4) is 28.4 Å². The number of nitrogens with one attached hydrogen (secondary N) is 1. The molecule has 1 aliphatic rings. The Morgan fingerprint density at radius 3 is 2.68 bits per heavy atom. The van der Waals surface area contributed by atoms with Crippen LogP contribution in [-0.4, -0.2) is 32.5 Å². The van der Waals surface area contributed by atoms with Gasteiger partial charge in [-0.15, -0.1) is 0 Å². The Morgan fingerprint density at radius 1 is 1.11 bits per heavy atom. The molecule has 37 heavy (non-hydrogen) atoms. The minimum atomic E-state index is -4.63. The van der Waals surface area contributed by atoms with Crippen molar-refractivity contribution < 1.29 is 31.2 Å². The molecule has 12 heteroatoms. The number of imidazole rings is 1. The third-order valence-electron chi connectivity index (χ3n) is 5.54. The van der Waals surface area contributed by atoms with Gasteiger partial charge in [-0.1, -0.05) is 11.2 Å². The first-order valence-electron chi connectivity index (χ1n) is 11.2. The molecular weight excluding hydrogens is 497 g/mol. The van der Waals surface area contributed by atoms with Crippen LogP contribution in [0.1, 0.15) is 36.6 Å². The fraction of sp³-hybridized carbons (Fsp3) is 0.240. The lowest BCUT2D eigenvalue weighted by atomic mass is 10.0. The van der Waals surface area contributed by atoms with Crippen LogP contribution in [0.2, 0.25) is 0 Å². The molecule has 0 unspecified atom stereocenters. The average molecular weight is 517 g/mol. The minimum absolute atomic E-state index is 0.0143. The molecule has 1 aliphatic heterocycles. The molecule has 2 aromatic heterocycles.